The molecule has 5 nitrogen and oxygen atoms in total. The van der Waals surface area contributed by atoms with Crippen molar-refractivity contribution < 1.29 is 9.90 Å². The molecule has 1 amide bonds. The fourth-order valence-electron chi connectivity index (χ4n) is 3.07. The van der Waals surface area contributed by atoms with E-state index in [4.69, 9.17) is 0 Å². The first kappa shape index (κ1) is 17.4. The van der Waals surface area contributed by atoms with Gasteiger partial charge in [-0.1, -0.05) is 55.0 Å². The van der Waals surface area contributed by atoms with Crippen LogP contribution >= 0.6 is 11.3 Å². The zero-order valence-electron chi connectivity index (χ0n) is 14.9. The lowest BCUT2D eigenvalue weighted by Crippen LogP contribution is -2.22. The Hall–Kier alpha value is -2.99. The molecule has 2 heterocycles. The second-order valence-electron chi connectivity index (χ2n) is 6.41. The number of unbranched alkanes of at least 4 members (excludes halogenated alkanes) is 1. The molecule has 0 fully saturated rings. The van der Waals surface area contributed by atoms with Crippen LogP contribution in [0.15, 0.2) is 53.5 Å². The van der Waals surface area contributed by atoms with Crippen molar-refractivity contribution in [2.75, 3.05) is 5.32 Å². The molecule has 1 aliphatic heterocycles. The van der Waals surface area contributed by atoms with E-state index >= 15 is 0 Å². The molecule has 0 radical (unpaired) electrons. The van der Waals surface area contributed by atoms with E-state index in [1.54, 1.807) is 6.07 Å². The van der Waals surface area contributed by atoms with E-state index in [9.17, 15) is 9.90 Å². The van der Waals surface area contributed by atoms with Crippen LogP contribution in [0.5, 0.6) is 5.88 Å². The highest BCUT2D eigenvalue weighted by atomic mass is 32.1. The van der Waals surface area contributed by atoms with Crippen LogP contribution in [0, 0.1) is 0 Å². The summed E-state index contributed by atoms with van der Waals surface area (Å²) in [6.07, 6.45) is 3.42. The van der Waals surface area contributed by atoms with E-state index in [0.717, 1.165) is 17.3 Å². The van der Waals surface area contributed by atoms with Gasteiger partial charge >= 0.3 is 0 Å². The maximum absolute atomic E-state index is 12.3. The first-order chi connectivity index (χ1) is 13.2. The number of hydrogen-bond acceptors (Lipinski definition) is 5. The second kappa shape index (κ2) is 7.32. The summed E-state index contributed by atoms with van der Waals surface area (Å²) >= 11 is 1.25. The third kappa shape index (κ3) is 3.48. The number of amides is 1. The van der Waals surface area contributed by atoms with Crippen molar-refractivity contribution in [3.8, 4) is 5.88 Å². The molecular weight excluding hydrogens is 358 g/mol. The number of rotatable bonds is 6. The number of carbonyl (C=O) groups is 1. The van der Waals surface area contributed by atoms with Crippen molar-refractivity contribution >= 4 is 33.6 Å². The third-order valence-corrected chi connectivity index (χ3v) is 5.45. The number of aromatic nitrogens is 1. The summed E-state index contributed by atoms with van der Waals surface area (Å²) in [5, 5.41) is 15.4. The van der Waals surface area contributed by atoms with Gasteiger partial charge in [-0.2, -0.15) is 4.98 Å². The molecule has 4 rings (SSSR count). The summed E-state index contributed by atoms with van der Waals surface area (Å²) in [4.78, 5) is 21.0. The molecule has 0 spiro atoms. The molecule has 0 saturated carbocycles. The van der Waals surface area contributed by atoms with Gasteiger partial charge < -0.3 is 10.4 Å². The second-order valence-corrected chi connectivity index (χ2v) is 7.41. The van der Waals surface area contributed by atoms with Gasteiger partial charge in [-0.25, -0.2) is 4.99 Å². The molecule has 0 bridgehead atoms. The van der Waals surface area contributed by atoms with Crippen molar-refractivity contribution in [3.63, 3.8) is 0 Å². The van der Waals surface area contributed by atoms with E-state index in [0.29, 0.717) is 20.9 Å². The quantitative estimate of drug-likeness (QED) is 0.691. The third-order valence-electron chi connectivity index (χ3n) is 4.47. The fourth-order valence-corrected chi connectivity index (χ4v) is 4.00. The highest BCUT2D eigenvalue weighted by Crippen LogP contribution is 2.35. The zero-order chi connectivity index (χ0) is 18.8. The molecule has 2 aromatic carbocycles. The minimum Gasteiger partial charge on any atom is -0.492 e. The number of hydrogen-bond donors (Lipinski definition) is 2. The van der Waals surface area contributed by atoms with Crippen molar-refractivity contribution in [1.82, 2.24) is 4.98 Å². The Bertz CT molecular complexity index is 1120. The van der Waals surface area contributed by atoms with Crippen molar-refractivity contribution in [2.24, 2.45) is 4.99 Å². The molecule has 3 aromatic rings. The maximum atomic E-state index is 12.3. The number of aromatic hydroxyl groups is 1. The fraction of sp³-hybridized carbons (Fsp3) is 0.190. The number of benzene rings is 2. The van der Waals surface area contributed by atoms with Crippen LogP contribution in [-0.2, 0) is 11.2 Å². The van der Waals surface area contributed by atoms with Crippen LogP contribution in [0.3, 0.4) is 0 Å². The van der Waals surface area contributed by atoms with Gasteiger partial charge in [0.2, 0.25) is 5.88 Å². The topological polar surface area (TPSA) is 74.6 Å². The SMILES string of the molecule is CCCCc1ccc(Nc2nc(O)c(C3=c4ccccc4=NC3=O)s2)cc1. The summed E-state index contributed by atoms with van der Waals surface area (Å²) in [6, 6.07) is 15.5. The lowest BCUT2D eigenvalue weighted by atomic mass is 10.1. The van der Waals surface area contributed by atoms with Gasteiger partial charge in [-0.05, 0) is 36.6 Å². The highest BCUT2D eigenvalue weighted by Gasteiger charge is 2.24. The average molecular weight is 377 g/mol. The van der Waals surface area contributed by atoms with Gasteiger partial charge in [0.15, 0.2) is 5.13 Å². The Morgan fingerprint density at radius 2 is 1.89 bits per heavy atom. The molecule has 0 saturated heterocycles. The Kier molecular flexibility index (Phi) is 4.73. The summed E-state index contributed by atoms with van der Waals surface area (Å²) in [5.74, 6) is -0.501. The standard InChI is InChI=1S/C21H19N3O2S/c1-2-3-6-13-9-11-14(12-10-13)22-21-24-20(26)18(27-21)17-15-7-4-5-8-16(15)23-19(17)25/h4-5,7-12,26H,2-3,6H2,1H3,(H,22,24). The van der Waals surface area contributed by atoms with E-state index in [1.807, 2.05) is 30.3 Å². The lowest BCUT2D eigenvalue weighted by molar-refractivity contribution is -0.112. The van der Waals surface area contributed by atoms with E-state index in [1.165, 1.54) is 29.7 Å². The van der Waals surface area contributed by atoms with Crippen molar-refractivity contribution in [2.45, 2.75) is 26.2 Å². The van der Waals surface area contributed by atoms with Gasteiger partial charge in [-0.15, -0.1) is 0 Å². The molecule has 2 N–H and O–H groups in total. The number of nitrogens with one attached hydrogen (secondary N) is 1. The van der Waals surface area contributed by atoms with Crippen LogP contribution in [0.25, 0.3) is 5.57 Å². The molecular formula is C21H19N3O2S. The Morgan fingerprint density at radius 1 is 1.11 bits per heavy atom. The molecule has 27 heavy (non-hydrogen) atoms. The summed E-state index contributed by atoms with van der Waals surface area (Å²) in [5.41, 5.74) is 2.60. The number of anilines is 2. The van der Waals surface area contributed by atoms with Crippen LogP contribution < -0.4 is 15.9 Å². The minimum absolute atomic E-state index is 0.155. The molecule has 136 valence electrons. The van der Waals surface area contributed by atoms with Gasteiger partial charge in [0.05, 0.1) is 10.9 Å². The van der Waals surface area contributed by atoms with Gasteiger partial charge in [0, 0.05) is 10.9 Å². The Morgan fingerprint density at radius 3 is 2.67 bits per heavy atom. The van der Waals surface area contributed by atoms with Gasteiger partial charge in [-0.3, -0.25) is 4.79 Å². The number of aryl methyl sites for hydroxylation is 1. The highest BCUT2D eigenvalue weighted by molar-refractivity contribution is 7.17. The molecule has 6 heteroatoms. The molecule has 1 aliphatic rings. The lowest BCUT2D eigenvalue weighted by Gasteiger charge is -2.04. The van der Waals surface area contributed by atoms with Crippen molar-refractivity contribution in [3.05, 3.63) is 69.5 Å². The summed E-state index contributed by atoms with van der Waals surface area (Å²) in [6.45, 7) is 2.18. The Labute approximate surface area is 160 Å². The predicted octanol–water partition coefficient (Wildman–Crippen LogP) is 3.29. The number of fused-ring (bicyclic) bond motifs is 1. The number of para-hydroxylation sites is 1. The predicted molar refractivity (Wildman–Crippen MR) is 107 cm³/mol. The summed E-state index contributed by atoms with van der Waals surface area (Å²) < 4.78 is 0. The Balaban J connectivity index is 1.62. The largest absolute Gasteiger partial charge is 0.492 e. The number of carbonyl (C=O) groups excluding carboxylic acids is 1. The monoisotopic (exact) mass is 377 g/mol. The summed E-state index contributed by atoms with van der Waals surface area (Å²) in [7, 11) is 0. The average Bonchev–Trinajstić information content (AvgIpc) is 3.19. The van der Waals surface area contributed by atoms with E-state index < -0.39 is 0 Å². The van der Waals surface area contributed by atoms with Crippen LogP contribution in [0.1, 0.15) is 30.2 Å². The molecule has 0 atom stereocenters. The minimum atomic E-state index is -0.345. The number of nitrogens with zero attached hydrogens (tertiary/aromatic N) is 2. The van der Waals surface area contributed by atoms with Crippen LogP contribution in [0.2, 0.25) is 0 Å². The van der Waals surface area contributed by atoms with Crippen LogP contribution in [-0.4, -0.2) is 16.0 Å². The first-order valence-corrected chi connectivity index (χ1v) is 9.76. The van der Waals surface area contributed by atoms with E-state index in [-0.39, 0.29) is 11.8 Å². The van der Waals surface area contributed by atoms with Crippen molar-refractivity contribution in [1.29, 1.82) is 0 Å². The molecule has 0 unspecified atom stereocenters. The number of thiazole rings is 1. The smallest absolute Gasteiger partial charge is 0.279 e. The zero-order valence-corrected chi connectivity index (χ0v) is 15.7. The van der Waals surface area contributed by atoms with E-state index in [2.05, 4.69) is 34.3 Å². The molecule has 1 aromatic heterocycles. The first-order valence-electron chi connectivity index (χ1n) is 8.94. The maximum Gasteiger partial charge on any atom is 0.279 e. The van der Waals surface area contributed by atoms with Gasteiger partial charge in [0.1, 0.15) is 4.88 Å². The van der Waals surface area contributed by atoms with Gasteiger partial charge in [0.25, 0.3) is 5.91 Å². The molecule has 0 aliphatic carbocycles. The normalized spacial score (nSPS) is 12.8. The van der Waals surface area contributed by atoms with Crippen LogP contribution in [0.4, 0.5) is 10.8 Å².